The number of ether oxygens (including phenoxy) is 2. The van der Waals surface area contributed by atoms with E-state index in [2.05, 4.69) is 0 Å². The van der Waals surface area contributed by atoms with Gasteiger partial charge in [-0.25, -0.2) is 9.59 Å². The Bertz CT molecular complexity index is 829. The Labute approximate surface area is 197 Å². The van der Waals surface area contributed by atoms with Crippen LogP contribution in [0.25, 0.3) is 0 Å². The molecule has 0 atom stereocenters. The summed E-state index contributed by atoms with van der Waals surface area (Å²) in [6.45, 7) is -0.390. The second-order valence-electron chi connectivity index (χ2n) is 6.17. The Balaban J connectivity index is 2.04. The van der Waals surface area contributed by atoms with Crippen LogP contribution in [0, 0.1) is 5.41 Å². The second-order valence-corrected chi connectivity index (χ2v) is 8.39. The summed E-state index contributed by atoms with van der Waals surface area (Å²) in [5.41, 5.74) is -0.732. The van der Waals surface area contributed by atoms with Crippen LogP contribution in [0.2, 0.25) is 20.1 Å². The molecule has 0 aliphatic rings. The third-order valence-corrected chi connectivity index (χ3v) is 6.12. The van der Waals surface area contributed by atoms with Gasteiger partial charge >= 0.3 is 11.9 Å². The van der Waals surface area contributed by atoms with Gasteiger partial charge in [0.1, 0.15) is 13.2 Å². The van der Waals surface area contributed by atoms with Crippen molar-refractivity contribution in [1.29, 1.82) is 0 Å². The van der Waals surface area contributed by atoms with Gasteiger partial charge in [0, 0.05) is 21.8 Å². The fraction of sp³-hybridized carbons (Fsp3) is 0.263. The molecule has 0 saturated carbocycles. The average Bonchev–Trinajstić information content (AvgIpc) is 2.68. The topological polar surface area (TPSA) is 52.6 Å². The van der Waals surface area contributed by atoms with Crippen LogP contribution in [-0.2, 0) is 9.47 Å². The maximum Gasteiger partial charge on any atom is 0.339 e. The normalized spacial score (nSPS) is 11.2. The maximum atomic E-state index is 12.3. The molecule has 0 bridgehead atoms. The molecule has 0 N–H and O–H groups in total. The second kappa shape index (κ2) is 10.9. The van der Waals surface area contributed by atoms with E-state index in [9.17, 15) is 9.59 Å². The van der Waals surface area contributed by atoms with Gasteiger partial charge in [0.15, 0.2) is 0 Å². The zero-order valence-electron chi connectivity index (χ0n) is 14.7. The number of carbonyl (C=O) groups excluding carboxylic acids is 2. The SMILES string of the molecule is O=C(OCC(CCl)(CCl)COC(=O)c1ccc(Cl)cc1Cl)c1ccc(Cl)cc1Cl. The fourth-order valence-corrected chi connectivity index (χ4v) is 3.70. The molecule has 4 nitrogen and oxygen atoms in total. The average molecular weight is 519 g/mol. The third kappa shape index (κ3) is 6.55. The van der Waals surface area contributed by atoms with Gasteiger partial charge in [-0.05, 0) is 36.4 Å². The van der Waals surface area contributed by atoms with Gasteiger partial charge in [-0.2, -0.15) is 0 Å². The highest BCUT2D eigenvalue weighted by atomic mass is 35.5. The minimum atomic E-state index is -1.01. The molecule has 0 aliphatic carbocycles. The molecule has 0 fully saturated rings. The van der Waals surface area contributed by atoms with Crippen LogP contribution in [0.4, 0.5) is 0 Å². The van der Waals surface area contributed by atoms with Crippen LogP contribution in [0.15, 0.2) is 36.4 Å². The van der Waals surface area contributed by atoms with Gasteiger partial charge in [0.2, 0.25) is 0 Å². The van der Waals surface area contributed by atoms with Crippen molar-refractivity contribution in [2.45, 2.75) is 0 Å². The molecule has 29 heavy (non-hydrogen) atoms. The minimum Gasteiger partial charge on any atom is -0.461 e. The van der Waals surface area contributed by atoms with Crippen LogP contribution in [-0.4, -0.2) is 36.9 Å². The molecule has 0 spiro atoms. The Morgan fingerprint density at radius 1 is 0.724 bits per heavy atom. The van der Waals surface area contributed by atoms with Crippen molar-refractivity contribution in [3.8, 4) is 0 Å². The number of hydrogen-bond donors (Lipinski definition) is 0. The summed E-state index contributed by atoms with van der Waals surface area (Å²) in [5.74, 6) is -1.42. The predicted octanol–water partition coefficient (Wildman–Crippen LogP) is 6.78. The summed E-state index contributed by atoms with van der Waals surface area (Å²) < 4.78 is 10.6. The summed E-state index contributed by atoms with van der Waals surface area (Å²) in [4.78, 5) is 24.6. The summed E-state index contributed by atoms with van der Waals surface area (Å²) in [6.07, 6.45) is 0. The van der Waals surface area contributed by atoms with E-state index in [0.717, 1.165) is 0 Å². The number of alkyl halides is 2. The lowest BCUT2D eigenvalue weighted by atomic mass is 9.95. The summed E-state index contributed by atoms with van der Waals surface area (Å²) >= 11 is 35.7. The molecular weight excluding hydrogens is 505 g/mol. The third-order valence-electron chi connectivity index (χ3n) is 3.89. The first-order chi connectivity index (χ1) is 13.7. The van der Waals surface area contributed by atoms with Gasteiger partial charge in [-0.1, -0.05) is 46.4 Å². The summed E-state index contributed by atoms with van der Waals surface area (Å²) in [6, 6.07) is 8.76. The molecule has 0 unspecified atom stereocenters. The van der Waals surface area contributed by atoms with E-state index in [1.807, 2.05) is 0 Å². The van der Waals surface area contributed by atoms with Crippen molar-refractivity contribution in [1.82, 2.24) is 0 Å². The van der Waals surface area contributed by atoms with E-state index in [-0.39, 0.29) is 46.1 Å². The molecule has 0 aliphatic heterocycles. The van der Waals surface area contributed by atoms with Crippen molar-refractivity contribution in [3.05, 3.63) is 67.6 Å². The first-order valence-corrected chi connectivity index (χ1v) is 10.7. The molecule has 156 valence electrons. The first-order valence-electron chi connectivity index (χ1n) is 8.07. The lowest BCUT2D eigenvalue weighted by Crippen LogP contribution is -2.38. The zero-order chi connectivity index (χ0) is 21.6. The Hall–Kier alpha value is -0.880. The van der Waals surface area contributed by atoms with E-state index in [4.69, 9.17) is 79.1 Å². The van der Waals surface area contributed by atoms with Crippen LogP contribution in [0.3, 0.4) is 0 Å². The first kappa shape index (κ1) is 24.4. The smallest absolute Gasteiger partial charge is 0.339 e. The number of benzene rings is 2. The fourth-order valence-electron chi connectivity index (χ4n) is 2.13. The van der Waals surface area contributed by atoms with Crippen molar-refractivity contribution >= 4 is 81.5 Å². The molecule has 10 heteroatoms. The summed E-state index contributed by atoms with van der Waals surface area (Å²) in [5, 5.41) is 1.06. The van der Waals surface area contributed by atoms with Gasteiger partial charge in [-0.3, -0.25) is 0 Å². The van der Waals surface area contributed by atoms with Gasteiger partial charge < -0.3 is 9.47 Å². The molecule has 2 aromatic carbocycles. The van der Waals surface area contributed by atoms with Crippen LogP contribution in [0.1, 0.15) is 20.7 Å². The Morgan fingerprint density at radius 3 is 1.41 bits per heavy atom. The Kier molecular flexibility index (Phi) is 9.20. The number of esters is 2. The molecular formula is C19H14Cl6O4. The summed E-state index contributed by atoms with van der Waals surface area (Å²) in [7, 11) is 0. The monoisotopic (exact) mass is 516 g/mol. The predicted molar refractivity (Wildman–Crippen MR) is 117 cm³/mol. The van der Waals surface area contributed by atoms with E-state index in [1.165, 1.54) is 36.4 Å². The van der Waals surface area contributed by atoms with E-state index >= 15 is 0 Å². The standard InChI is InChI=1S/C19H14Cl6O4/c20-7-19(8-21,9-28-17(26)13-3-1-11(22)5-15(13)24)10-29-18(27)14-4-2-12(23)6-16(14)25/h1-6H,7-10H2. The highest BCUT2D eigenvalue weighted by Gasteiger charge is 2.33. The molecule has 0 heterocycles. The highest BCUT2D eigenvalue weighted by Crippen LogP contribution is 2.27. The minimum absolute atomic E-state index is 0.0280. The van der Waals surface area contributed by atoms with Crippen molar-refractivity contribution in [2.75, 3.05) is 25.0 Å². The van der Waals surface area contributed by atoms with Crippen molar-refractivity contribution < 1.29 is 19.1 Å². The number of hydrogen-bond acceptors (Lipinski definition) is 4. The van der Waals surface area contributed by atoms with Crippen molar-refractivity contribution in [2.24, 2.45) is 5.41 Å². The number of rotatable bonds is 8. The molecule has 0 aromatic heterocycles. The zero-order valence-corrected chi connectivity index (χ0v) is 19.2. The lowest BCUT2D eigenvalue weighted by molar-refractivity contribution is 0.00826. The quantitative estimate of drug-likeness (QED) is 0.285. The van der Waals surface area contributed by atoms with Crippen LogP contribution >= 0.6 is 69.6 Å². The number of halogens is 6. The molecule has 2 rings (SSSR count). The molecule has 0 amide bonds. The largest absolute Gasteiger partial charge is 0.461 e. The van der Waals surface area contributed by atoms with Gasteiger partial charge in [0.05, 0.1) is 26.6 Å². The Morgan fingerprint density at radius 2 is 1.10 bits per heavy atom. The van der Waals surface area contributed by atoms with Gasteiger partial charge in [0.25, 0.3) is 0 Å². The van der Waals surface area contributed by atoms with Crippen LogP contribution < -0.4 is 0 Å². The molecule has 0 saturated heterocycles. The van der Waals surface area contributed by atoms with Gasteiger partial charge in [-0.15, -0.1) is 23.2 Å². The maximum absolute atomic E-state index is 12.3. The molecule has 2 aromatic rings. The van der Waals surface area contributed by atoms with E-state index in [1.54, 1.807) is 0 Å². The van der Waals surface area contributed by atoms with E-state index in [0.29, 0.717) is 10.0 Å². The lowest BCUT2D eigenvalue weighted by Gasteiger charge is -2.28. The van der Waals surface area contributed by atoms with E-state index < -0.39 is 17.4 Å². The van der Waals surface area contributed by atoms with Crippen LogP contribution in [0.5, 0.6) is 0 Å². The highest BCUT2D eigenvalue weighted by molar-refractivity contribution is 6.37. The number of carbonyl (C=O) groups is 2. The molecule has 0 radical (unpaired) electrons. The van der Waals surface area contributed by atoms with Crippen molar-refractivity contribution in [3.63, 3.8) is 0 Å².